The zero-order chi connectivity index (χ0) is 16.7. The van der Waals surface area contributed by atoms with Crippen LogP contribution in [0.15, 0.2) is 18.2 Å². The molecule has 0 radical (unpaired) electrons. The van der Waals surface area contributed by atoms with Crippen molar-refractivity contribution in [3.05, 3.63) is 34.3 Å². The van der Waals surface area contributed by atoms with E-state index in [1.807, 2.05) is 0 Å². The number of amides is 2. The molecular formula is C13H12ClF3N2O3. The fraction of sp³-hybridized carbons (Fsp3) is 0.385. The van der Waals surface area contributed by atoms with Crippen LogP contribution in [0.5, 0.6) is 0 Å². The summed E-state index contributed by atoms with van der Waals surface area (Å²) in [6.45, 7) is -0.515. The third kappa shape index (κ3) is 3.02. The summed E-state index contributed by atoms with van der Waals surface area (Å²) in [5.74, 6) is -1.96. The first-order chi connectivity index (χ1) is 10.0. The summed E-state index contributed by atoms with van der Waals surface area (Å²) in [5, 5.41) is 9.74. The summed E-state index contributed by atoms with van der Waals surface area (Å²) in [6.07, 6.45) is -4.88. The zero-order valence-electron chi connectivity index (χ0n) is 11.2. The van der Waals surface area contributed by atoms with Crippen molar-refractivity contribution in [3.8, 4) is 0 Å². The Bertz CT molecular complexity index is 635. The van der Waals surface area contributed by atoms with E-state index in [1.165, 1.54) is 6.07 Å². The molecule has 1 aliphatic rings. The Morgan fingerprint density at radius 3 is 2.50 bits per heavy atom. The van der Waals surface area contributed by atoms with Crippen molar-refractivity contribution in [1.29, 1.82) is 0 Å². The molecule has 120 valence electrons. The normalized spacial score (nSPS) is 22.0. The summed E-state index contributed by atoms with van der Waals surface area (Å²) in [7, 11) is 0. The minimum absolute atomic E-state index is 0.0712. The van der Waals surface area contributed by atoms with Gasteiger partial charge in [-0.15, -0.1) is 0 Å². The van der Waals surface area contributed by atoms with Crippen LogP contribution in [0, 0.1) is 0 Å². The van der Waals surface area contributed by atoms with E-state index in [0.29, 0.717) is 6.07 Å². The lowest BCUT2D eigenvalue weighted by atomic mass is 10.0. The number of rotatable bonds is 2. The van der Waals surface area contributed by atoms with Gasteiger partial charge in [0.2, 0.25) is 0 Å². The molecule has 22 heavy (non-hydrogen) atoms. The zero-order valence-corrected chi connectivity index (χ0v) is 11.9. The Morgan fingerprint density at radius 1 is 1.36 bits per heavy atom. The second-order valence-electron chi connectivity index (χ2n) is 5.06. The first-order valence-corrected chi connectivity index (χ1v) is 6.61. The number of alkyl halides is 3. The Labute approximate surface area is 128 Å². The van der Waals surface area contributed by atoms with Crippen molar-refractivity contribution in [2.24, 2.45) is 5.73 Å². The van der Waals surface area contributed by atoms with Crippen LogP contribution in [-0.4, -0.2) is 40.5 Å². The Morgan fingerprint density at radius 2 is 2.00 bits per heavy atom. The lowest BCUT2D eigenvalue weighted by Crippen LogP contribution is -2.46. The molecule has 1 atom stereocenters. The van der Waals surface area contributed by atoms with Gasteiger partial charge in [-0.3, -0.25) is 9.59 Å². The Hall–Kier alpha value is -1.80. The van der Waals surface area contributed by atoms with Gasteiger partial charge in [0.25, 0.3) is 11.8 Å². The summed E-state index contributed by atoms with van der Waals surface area (Å²) < 4.78 is 39.0. The van der Waals surface area contributed by atoms with Crippen LogP contribution in [-0.2, 0) is 11.0 Å². The minimum Gasteiger partial charge on any atom is -0.378 e. The number of carbonyl (C=O) groups is 2. The summed E-state index contributed by atoms with van der Waals surface area (Å²) in [6, 6.07) is 2.79. The summed E-state index contributed by atoms with van der Waals surface area (Å²) in [5.41, 5.74) is 1.35. The number of primary amides is 1. The van der Waals surface area contributed by atoms with E-state index in [9.17, 15) is 27.9 Å². The van der Waals surface area contributed by atoms with E-state index in [-0.39, 0.29) is 18.0 Å². The van der Waals surface area contributed by atoms with E-state index < -0.39 is 41.3 Å². The molecule has 0 aromatic heterocycles. The van der Waals surface area contributed by atoms with Gasteiger partial charge in [0.15, 0.2) is 5.60 Å². The molecule has 0 bridgehead atoms. The first kappa shape index (κ1) is 16.6. The van der Waals surface area contributed by atoms with E-state index in [1.54, 1.807) is 0 Å². The fourth-order valence-electron chi connectivity index (χ4n) is 2.28. The number of hydrogen-bond acceptors (Lipinski definition) is 3. The van der Waals surface area contributed by atoms with Gasteiger partial charge in [0, 0.05) is 18.0 Å². The predicted octanol–water partition coefficient (Wildman–Crippen LogP) is 1.42. The Kier molecular flexibility index (Phi) is 4.09. The molecule has 1 aliphatic heterocycles. The number of likely N-dealkylation sites (tertiary alicyclic amines) is 1. The van der Waals surface area contributed by atoms with Crippen LogP contribution in [0.3, 0.4) is 0 Å². The number of carbonyl (C=O) groups excluding carboxylic acids is 2. The van der Waals surface area contributed by atoms with Crippen LogP contribution < -0.4 is 5.73 Å². The number of halogens is 4. The van der Waals surface area contributed by atoms with Crippen molar-refractivity contribution in [2.75, 3.05) is 13.1 Å². The molecule has 2 rings (SSSR count). The van der Waals surface area contributed by atoms with Gasteiger partial charge in [-0.25, -0.2) is 0 Å². The molecule has 0 aliphatic carbocycles. The van der Waals surface area contributed by atoms with Crippen LogP contribution in [0.4, 0.5) is 13.2 Å². The maximum Gasteiger partial charge on any atom is 0.417 e. The number of benzene rings is 1. The van der Waals surface area contributed by atoms with Gasteiger partial charge in [-0.2, -0.15) is 13.2 Å². The highest BCUT2D eigenvalue weighted by Crippen LogP contribution is 2.35. The molecule has 1 aromatic carbocycles. The van der Waals surface area contributed by atoms with E-state index in [0.717, 1.165) is 11.0 Å². The highest BCUT2D eigenvalue weighted by atomic mass is 35.5. The molecule has 1 fully saturated rings. The van der Waals surface area contributed by atoms with Gasteiger partial charge in [-0.05, 0) is 18.2 Å². The van der Waals surface area contributed by atoms with Gasteiger partial charge in [0.1, 0.15) is 0 Å². The van der Waals surface area contributed by atoms with Crippen LogP contribution in [0.2, 0.25) is 5.02 Å². The van der Waals surface area contributed by atoms with Gasteiger partial charge in [-0.1, -0.05) is 11.6 Å². The molecule has 1 aromatic rings. The van der Waals surface area contributed by atoms with Gasteiger partial charge < -0.3 is 15.7 Å². The van der Waals surface area contributed by atoms with Crippen LogP contribution in [0.1, 0.15) is 22.3 Å². The average molecular weight is 337 g/mol. The molecule has 0 spiro atoms. The van der Waals surface area contributed by atoms with E-state index >= 15 is 0 Å². The maximum atomic E-state index is 13.0. The number of aliphatic hydroxyl groups is 1. The van der Waals surface area contributed by atoms with Crippen molar-refractivity contribution in [1.82, 2.24) is 4.90 Å². The third-order valence-corrected chi connectivity index (χ3v) is 3.75. The molecule has 9 heteroatoms. The smallest absolute Gasteiger partial charge is 0.378 e. The number of hydrogen-bond donors (Lipinski definition) is 2. The van der Waals surface area contributed by atoms with Crippen LogP contribution >= 0.6 is 11.6 Å². The Balaban J connectivity index is 2.34. The van der Waals surface area contributed by atoms with Crippen molar-refractivity contribution in [3.63, 3.8) is 0 Å². The quantitative estimate of drug-likeness (QED) is 0.856. The number of β-amino-alcohol motifs (C(OH)–C–C–N with tert-alkyl or cyclic N) is 1. The maximum absolute atomic E-state index is 13.0. The molecule has 5 nitrogen and oxygen atoms in total. The van der Waals surface area contributed by atoms with E-state index in [2.05, 4.69) is 0 Å². The van der Waals surface area contributed by atoms with Crippen LogP contribution in [0.25, 0.3) is 0 Å². The lowest BCUT2D eigenvalue weighted by molar-refractivity contribution is -0.138. The second kappa shape index (κ2) is 5.44. The average Bonchev–Trinajstić information content (AvgIpc) is 2.81. The standard InChI is InChI=1S/C13H12ClF3N2O3/c14-7-1-2-8(9(5-7)13(15,16)17)10(20)19-4-3-12(22,6-19)11(18)21/h1-2,5,22H,3-4,6H2,(H2,18,21). The topological polar surface area (TPSA) is 83.6 Å². The largest absolute Gasteiger partial charge is 0.417 e. The first-order valence-electron chi connectivity index (χ1n) is 6.23. The molecule has 0 saturated carbocycles. The SMILES string of the molecule is NC(=O)C1(O)CCN(C(=O)c2ccc(Cl)cc2C(F)(F)F)C1. The lowest BCUT2D eigenvalue weighted by Gasteiger charge is -2.21. The molecule has 1 saturated heterocycles. The third-order valence-electron chi connectivity index (χ3n) is 3.51. The summed E-state index contributed by atoms with van der Waals surface area (Å²) >= 11 is 5.55. The van der Waals surface area contributed by atoms with Gasteiger partial charge >= 0.3 is 6.18 Å². The number of nitrogens with zero attached hydrogens (tertiary/aromatic N) is 1. The minimum atomic E-state index is -4.75. The highest BCUT2D eigenvalue weighted by Gasteiger charge is 2.44. The summed E-state index contributed by atoms with van der Waals surface area (Å²) in [4.78, 5) is 24.4. The van der Waals surface area contributed by atoms with Crippen molar-refractivity contribution < 1.29 is 27.9 Å². The second-order valence-corrected chi connectivity index (χ2v) is 5.50. The predicted molar refractivity (Wildman–Crippen MR) is 71.1 cm³/mol. The van der Waals surface area contributed by atoms with Crippen molar-refractivity contribution >= 4 is 23.4 Å². The van der Waals surface area contributed by atoms with Crippen molar-refractivity contribution in [2.45, 2.75) is 18.2 Å². The molecule has 3 N–H and O–H groups in total. The number of nitrogens with two attached hydrogens (primary N) is 1. The molecule has 1 heterocycles. The highest BCUT2D eigenvalue weighted by molar-refractivity contribution is 6.30. The monoisotopic (exact) mass is 336 g/mol. The molecule has 2 amide bonds. The van der Waals surface area contributed by atoms with E-state index in [4.69, 9.17) is 17.3 Å². The molecular weight excluding hydrogens is 325 g/mol. The molecule has 1 unspecified atom stereocenters. The van der Waals surface area contributed by atoms with Gasteiger partial charge in [0.05, 0.1) is 17.7 Å². The fourth-order valence-corrected chi connectivity index (χ4v) is 2.45.